The lowest BCUT2D eigenvalue weighted by Gasteiger charge is -2.06. The summed E-state index contributed by atoms with van der Waals surface area (Å²) in [5.74, 6) is -0.0895. The number of fused-ring (bicyclic) bond motifs is 1. The van der Waals surface area contributed by atoms with Crippen LogP contribution in [0, 0.1) is 5.82 Å². The van der Waals surface area contributed by atoms with Crippen LogP contribution in [0.1, 0.15) is 30.1 Å². The number of carbonyl (C=O) groups is 1. The summed E-state index contributed by atoms with van der Waals surface area (Å²) in [5, 5.41) is 0. The fraction of sp³-hybridized carbons (Fsp3) is 0.333. The summed E-state index contributed by atoms with van der Waals surface area (Å²) in [6.45, 7) is 3.50. The second-order valence-electron chi connectivity index (χ2n) is 6.26. The molecule has 5 nitrogen and oxygen atoms in total. The normalized spacial score (nSPS) is 11.9. The van der Waals surface area contributed by atoms with E-state index in [9.17, 15) is 9.18 Å². The van der Waals surface area contributed by atoms with Crippen LogP contribution in [0.4, 0.5) is 4.39 Å². The Bertz CT molecular complexity index is 1030. The molecule has 2 aromatic carbocycles. The number of para-hydroxylation sites is 1. The van der Waals surface area contributed by atoms with Gasteiger partial charge in [-0.05, 0) is 36.8 Å². The second-order valence-corrected chi connectivity index (χ2v) is 7.27. The largest absolute Gasteiger partial charge is 0.494 e. The smallest absolute Gasteiger partial charge is 0.279 e. The van der Waals surface area contributed by atoms with Crippen molar-refractivity contribution in [1.82, 2.24) is 4.57 Å². The van der Waals surface area contributed by atoms with Gasteiger partial charge in [0.05, 0.1) is 23.4 Å². The van der Waals surface area contributed by atoms with E-state index in [0.717, 1.165) is 17.5 Å². The molecule has 3 aromatic rings. The van der Waals surface area contributed by atoms with Gasteiger partial charge >= 0.3 is 0 Å². The number of hydrogen-bond acceptors (Lipinski definition) is 4. The van der Waals surface area contributed by atoms with Gasteiger partial charge in [-0.3, -0.25) is 4.79 Å². The van der Waals surface area contributed by atoms with Gasteiger partial charge in [0.1, 0.15) is 11.6 Å². The molecule has 0 fully saturated rings. The topological polar surface area (TPSA) is 52.8 Å². The van der Waals surface area contributed by atoms with Crippen LogP contribution in [0.5, 0.6) is 5.75 Å². The van der Waals surface area contributed by atoms with Gasteiger partial charge in [0.15, 0.2) is 4.80 Å². The average molecular weight is 402 g/mol. The van der Waals surface area contributed by atoms with Gasteiger partial charge < -0.3 is 14.0 Å². The van der Waals surface area contributed by atoms with E-state index >= 15 is 0 Å². The molecule has 3 rings (SSSR count). The Labute approximate surface area is 167 Å². The molecule has 1 heterocycles. The van der Waals surface area contributed by atoms with Crippen molar-refractivity contribution in [3.8, 4) is 5.75 Å². The lowest BCUT2D eigenvalue weighted by atomic mass is 10.2. The maximum atomic E-state index is 14.4. The van der Waals surface area contributed by atoms with Crippen LogP contribution >= 0.6 is 11.3 Å². The van der Waals surface area contributed by atoms with E-state index in [2.05, 4.69) is 11.9 Å². The average Bonchev–Trinajstić information content (AvgIpc) is 3.05. The SMILES string of the molecule is CCCCOc1cccc(C(=O)N=c2sc3cccc(F)c3n2CCOC)c1. The van der Waals surface area contributed by atoms with Crippen molar-refractivity contribution >= 4 is 27.5 Å². The first-order valence-electron chi connectivity index (χ1n) is 9.22. The number of carbonyl (C=O) groups excluding carboxylic acids is 1. The van der Waals surface area contributed by atoms with Gasteiger partial charge in [-0.15, -0.1) is 0 Å². The monoisotopic (exact) mass is 402 g/mol. The van der Waals surface area contributed by atoms with Crippen molar-refractivity contribution in [2.75, 3.05) is 20.3 Å². The quantitative estimate of drug-likeness (QED) is 0.525. The predicted molar refractivity (Wildman–Crippen MR) is 108 cm³/mol. The lowest BCUT2D eigenvalue weighted by Crippen LogP contribution is -2.19. The van der Waals surface area contributed by atoms with Crippen molar-refractivity contribution in [2.45, 2.75) is 26.3 Å². The van der Waals surface area contributed by atoms with E-state index in [4.69, 9.17) is 9.47 Å². The van der Waals surface area contributed by atoms with Gasteiger partial charge in [0.2, 0.25) is 0 Å². The Balaban J connectivity index is 1.96. The third-order valence-corrected chi connectivity index (χ3v) is 5.26. The number of unbranched alkanes of at least 4 members (excludes halogenated alkanes) is 1. The molecule has 0 spiro atoms. The van der Waals surface area contributed by atoms with Crippen molar-refractivity contribution in [3.63, 3.8) is 0 Å². The van der Waals surface area contributed by atoms with Crippen molar-refractivity contribution in [2.24, 2.45) is 4.99 Å². The first-order valence-corrected chi connectivity index (χ1v) is 10.0. The zero-order valence-corrected chi connectivity index (χ0v) is 16.8. The van der Waals surface area contributed by atoms with Crippen LogP contribution in [0.25, 0.3) is 10.2 Å². The highest BCUT2D eigenvalue weighted by Crippen LogP contribution is 2.21. The zero-order valence-electron chi connectivity index (χ0n) is 16.0. The number of nitrogens with zero attached hydrogens (tertiary/aromatic N) is 2. The number of thiazole rings is 1. The minimum atomic E-state index is -0.390. The standard InChI is InChI=1S/C21H23FN2O3S/c1-3-4-12-27-16-8-5-7-15(14-16)20(25)23-21-24(11-13-26-2)19-17(22)9-6-10-18(19)28-21/h5-10,14H,3-4,11-13H2,1-2H3. The van der Waals surface area contributed by atoms with Crippen LogP contribution in [0.15, 0.2) is 47.5 Å². The highest BCUT2D eigenvalue weighted by Gasteiger charge is 2.13. The molecule has 0 bridgehead atoms. The fourth-order valence-electron chi connectivity index (χ4n) is 2.77. The van der Waals surface area contributed by atoms with E-state index in [1.807, 2.05) is 12.1 Å². The maximum absolute atomic E-state index is 14.4. The van der Waals surface area contributed by atoms with Crippen molar-refractivity contribution in [3.05, 3.63) is 58.6 Å². The second kappa shape index (κ2) is 9.61. The van der Waals surface area contributed by atoms with Gasteiger partial charge in [-0.2, -0.15) is 4.99 Å². The molecule has 28 heavy (non-hydrogen) atoms. The summed E-state index contributed by atoms with van der Waals surface area (Å²) in [6.07, 6.45) is 1.99. The molecule has 0 aliphatic rings. The molecule has 0 saturated carbocycles. The number of aromatic nitrogens is 1. The van der Waals surface area contributed by atoms with Crippen molar-refractivity contribution in [1.29, 1.82) is 0 Å². The van der Waals surface area contributed by atoms with E-state index in [0.29, 0.717) is 41.4 Å². The van der Waals surface area contributed by atoms with Crippen LogP contribution in [-0.4, -0.2) is 30.8 Å². The van der Waals surface area contributed by atoms with Crippen LogP contribution < -0.4 is 9.54 Å². The highest BCUT2D eigenvalue weighted by atomic mass is 32.1. The van der Waals surface area contributed by atoms with Crippen LogP contribution in [-0.2, 0) is 11.3 Å². The highest BCUT2D eigenvalue weighted by molar-refractivity contribution is 7.16. The van der Waals surface area contributed by atoms with E-state index in [-0.39, 0.29) is 11.7 Å². The first-order chi connectivity index (χ1) is 13.6. The Kier molecular flexibility index (Phi) is 6.95. The summed E-state index contributed by atoms with van der Waals surface area (Å²) in [7, 11) is 1.58. The van der Waals surface area contributed by atoms with Gasteiger partial charge in [0, 0.05) is 19.2 Å². The molecule has 0 atom stereocenters. The molecule has 0 saturated heterocycles. The third kappa shape index (κ3) is 4.66. The molecular weight excluding hydrogens is 379 g/mol. The summed E-state index contributed by atoms with van der Waals surface area (Å²) in [4.78, 5) is 17.4. The van der Waals surface area contributed by atoms with E-state index in [1.54, 1.807) is 35.9 Å². The fourth-order valence-corrected chi connectivity index (χ4v) is 3.84. The number of rotatable bonds is 8. The van der Waals surface area contributed by atoms with E-state index < -0.39 is 0 Å². The molecule has 0 N–H and O–H groups in total. The van der Waals surface area contributed by atoms with Crippen molar-refractivity contribution < 1.29 is 18.7 Å². The number of methoxy groups -OCH3 is 1. The molecule has 1 aromatic heterocycles. The molecular formula is C21H23FN2O3S. The number of ether oxygens (including phenoxy) is 2. The maximum Gasteiger partial charge on any atom is 0.279 e. The number of amides is 1. The van der Waals surface area contributed by atoms with Gasteiger partial charge in [0.25, 0.3) is 5.91 Å². The molecule has 148 valence electrons. The summed E-state index contributed by atoms with van der Waals surface area (Å²) in [6, 6.07) is 11.9. The Morgan fingerprint density at radius 2 is 2.04 bits per heavy atom. The molecule has 1 amide bonds. The summed E-state index contributed by atoms with van der Waals surface area (Å²) in [5.41, 5.74) is 0.873. The minimum absolute atomic E-state index is 0.343. The first kappa shape index (κ1) is 20.2. The molecule has 0 aliphatic carbocycles. The summed E-state index contributed by atoms with van der Waals surface area (Å²) < 4.78 is 27.6. The van der Waals surface area contributed by atoms with Crippen LogP contribution in [0.2, 0.25) is 0 Å². The van der Waals surface area contributed by atoms with Crippen LogP contribution in [0.3, 0.4) is 0 Å². The van der Waals surface area contributed by atoms with E-state index in [1.165, 1.54) is 17.4 Å². The Morgan fingerprint density at radius 3 is 2.82 bits per heavy atom. The van der Waals surface area contributed by atoms with Gasteiger partial charge in [-0.25, -0.2) is 4.39 Å². The zero-order chi connectivity index (χ0) is 19.9. The Morgan fingerprint density at radius 1 is 1.21 bits per heavy atom. The molecule has 0 unspecified atom stereocenters. The molecule has 0 aliphatic heterocycles. The number of benzene rings is 2. The number of hydrogen-bond donors (Lipinski definition) is 0. The van der Waals surface area contributed by atoms with Gasteiger partial charge in [-0.1, -0.05) is 36.8 Å². The lowest BCUT2D eigenvalue weighted by molar-refractivity contribution is 0.0997. The molecule has 7 heteroatoms. The summed E-state index contributed by atoms with van der Waals surface area (Å²) >= 11 is 1.28. The third-order valence-electron chi connectivity index (χ3n) is 4.22. The molecule has 0 radical (unpaired) electrons. The predicted octanol–water partition coefficient (Wildman–Crippen LogP) is 4.41. The minimum Gasteiger partial charge on any atom is -0.494 e. The number of halogens is 1. The Hall–Kier alpha value is -2.51.